The molecule has 1 heteroatoms. The normalized spacial score (nSPS) is 26.4. The molecule has 0 aromatic heterocycles. The van der Waals surface area contributed by atoms with E-state index >= 15 is 0 Å². The van der Waals surface area contributed by atoms with Crippen LogP contribution in [0.1, 0.15) is 60.8 Å². The highest BCUT2D eigenvalue weighted by Gasteiger charge is 2.31. The van der Waals surface area contributed by atoms with Crippen molar-refractivity contribution in [1.82, 2.24) is 4.90 Å². The monoisotopic (exact) mass is 211 g/mol. The Labute approximate surface area is 96.2 Å². The minimum Gasteiger partial charge on any atom is -0.298 e. The molecule has 0 aromatic carbocycles. The predicted octanol–water partition coefficient (Wildman–Crippen LogP) is 3.93. The molecule has 1 fully saturated rings. The molecule has 1 aliphatic heterocycles. The molecule has 1 atom stereocenters. The van der Waals surface area contributed by atoms with Gasteiger partial charge in [-0.05, 0) is 51.5 Å². The lowest BCUT2D eigenvalue weighted by atomic mass is 9.78. The van der Waals surface area contributed by atoms with Crippen molar-refractivity contribution >= 4 is 0 Å². The van der Waals surface area contributed by atoms with Crippen molar-refractivity contribution in [1.29, 1.82) is 0 Å². The lowest BCUT2D eigenvalue weighted by Gasteiger charge is -2.40. The van der Waals surface area contributed by atoms with Crippen molar-refractivity contribution < 1.29 is 0 Å². The molecule has 0 amide bonds. The van der Waals surface area contributed by atoms with E-state index < -0.39 is 0 Å². The van der Waals surface area contributed by atoms with E-state index in [0.29, 0.717) is 11.0 Å². The number of hydrogen-bond donors (Lipinski definition) is 0. The highest BCUT2D eigenvalue weighted by molar-refractivity contribution is 4.85. The van der Waals surface area contributed by atoms with Gasteiger partial charge in [0.25, 0.3) is 0 Å². The fourth-order valence-electron chi connectivity index (χ4n) is 2.46. The van der Waals surface area contributed by atoms with E-state index in [-0.39, 0.29) is 0 Å². The summed E-state index contributed by atoms with van der Waals surface area (Å²) in [6.45, 7) is 16.8. The van der Waals surface area contributed by atoms with Crippen LogP contribution < -0.4 is 0 Å². The molecule has 0 aromatic rings. The third-order valence-corrected chi connectivity index (χ3v) is 3.84. The van der Waals surface area contributed by atoms with Gasteiger partial charge in [-0.1, -0.05) is 27.2 Å². The second-order valence-corrected chi connectivity index (χ2v) is 7.18. The minimum absolute atomic E-state index is 0.341. The standard InChI is InChI=1S/C14H29N/c1-13(2,3)12-9-7-8-10-15(11-12)14(4,5)6/h12H,7-11H2,1-6H3/t12-/m0/s1. The fourth-order valence-corrected chi connectivity index (χ4v) is 2.46. The molecule has 0 unspecified atom stereocenters. The lowest BCUT2D eigenvalue weighted by Crippen LogP contribution is -2.45. The molecule has 1 rings (SSSR count). The summed E-state index contributed by atoms with van der Waals surface area (Å²) in [7, 11) is 0. The maximum Gasteiger partial charge on any atom is 0.0125 e. The van der Waals surface area contributed by atoms with Gasteiger partial charge in [-0.25, -0.2) is 0 Å². The minimum atomic E-state index is 0.341. The van der Waals surface area contributed by atoms with E-state index in [1.165, 1.54) is 32.4 Å². The first-order valence-electron chi connectivity index (χ1n) is 6.46. The summed E-state index contributed by atoms with van der Waals surface area (Å²) in [6.07, 6.45) is 4.20. The van der Waals surface area contributed by atoms with Crippen LogP contribution in [0.5, 0.6) is 0 Å². The van der Waals surface area contributed by atoms with Gasteiger partial charge in [0.2, 0.25) is 0 Å². The third-order valence-electron chi connectivity index (χ3n) is 3.84. The van der Waals surface area contributed by atoms with Gasteiger partial charge in [-0.3, -0.25) is 4.90 Å². The topological polar surface area (TPSA) is 3.24 Å². The van der Waals surface area contributed by atoms with Crippen molar-refractivity contribution in [3.63, 3.8) is 0 Å². The van der Waals surface area contributed by atoms with Crippen LogP contribution in [0.3, 0.4) is 0 Å². The van der Waals surface area contributed by atoms with Gasteiger partial charge >= 0.3 is 0 Å². The summed E-state index contributed by atoms with van der Waals surface area (Å²) in [6, 6.07) is 0. The second-order valence-electron chi connectivity index (χ2n) is 7.18. The quantitative estimate of drug-likeness (QED) is 0.587. The smallest absolute Gasteiger partial charge is 0.0125 e. The Kier molecular flexibility index (Phi) is 3.86. The zero-order chi connectivity index (χ0) is 11.7. The molecule has 15 heavy (non-hydrogen) atoms. The molecule has 1 saturated heterocycles. The van der Waals surface area contributed by atoms with Gasteiger partial charge in [0.15, 0.2) is 0 Å². The Hall–Kier alpha value is -0.0400. The first-order chi connectivity index (χ1) is 6.71. The van der Waals surface area contributed by atoms with Gasteiger partial charge in [0, 0.05) is 12.1 Å². The Balaban J connectivity index is 2.70. The van der Waals surface area contributed by atoms with Crippen LogP contribution in [-0.2, 0) is 0 Å². The van der Waals surface area contributed by atoms with Crippen molar-refractivity contribution in [3.05, 3.63) is 0 Å². The number of rotatable bonds is 0. The molecule has 1 aliphatic rings. The van der Waals surface area contributed by atoms with Crippen molar-refractivity contribution in [2.45, 2.75) is 66.3 Å². The van der Waals surface area contributed by atoms with Crippen LogP contribution in [0.15, 0.2) is 0 Å². The van der Waals surface area contributed by atoms with Gasteiger partial charge in [-0.15, -0.1) is 0 Å². The first-order valence-corrected chi connectivity index (χ1v) is 6.46. The largest absolute Gasteiger partial charge is 0.298 e. The van der Waals surface area contributed by atoms with Crippen LogP contribution >= 0.6 is 0 Å². The Bertz CT molecular complexity index is 172. The van der Waals surface area contributed by atoms with Crippen molar-refractivity contribution in [2.24, 2.45) is 11.3 Å². The van der Waals surface area contributed by atoms with E-state index in [0.717, 1.165) is 5.92 Å². The lowest BCUT2D eigenvalue weighted by molar-refractivity contribution is 0.0889. The summed E-state index contributed by atoms with van der Waals surface area (Å²) in [5.74, 6) is 0.860. The summed E-state index contributed by atoms with van der Waals surface area (Å²) in [5, 5.41) is 0. The molecule has 0 aliphatic carbocycles. The van der Waals surface area contributed by atoms with Gasteiger partial charge in [0.05, 0.1) is 0 Å². The number of hydrogen-bond acceptors (Lipinski definition) is 1. The predicted molar refractivity (Wildman–Crippen MR) is 68.1 cm³/mol. The zero-order valence-corrected chi connectivity index (χ0v) is 11.6. The summed E-state index contributed by atoms with van der Waals surface area (Å²) >= 11 is 0. The summed E-state index contributed by atoms with van der Waals surface area (Å²) in [4.78, 5) is 2.68. The average molecular weight is 211 g/mol. The third kappa shape index (κ3) is 3.79. The van der Waals surface area contributed by atoms with E-state index in [1.807, 2.05) is 0 Å². The van der Waals surface area contributed by atoms with Crippen molar-refractivity contribution in [2.75, 3.05) is 13.1 Å². The zero-order valence-electron chi connectivity index (χ0n) is 11.6. The SMILES string of the molecule is CC(C)(C)[C@H]1CCCCN(C(C)(C)C)C1. The molecular formula is C14H29N. The molecule has 0 bridgehead atoms. The van der Waals surface area contributed by atoms with E-state index in [9.17, 15) is 0 Å². The van der Waals surface area contributed by atoms with E-state index in [4.69, 9.17) is 0 Å². The highest BCUT2D eigenvalue weighted by atomic mass is 15.2. The van der Waals surface area contributed by atoms with Crippen LogP contribution in [0.2, 0.25) is 0 Å². The summed E-state index contributed by atoms with van der Waals surface area (Å²) < 4.78 is 0. The van der Waals surface area contributed by atoms with Crippen molar-refractivity contribution in [3.8, 4) is 0 Å². The maximum atomic E-state index is 2.68. The molecule has 0 radical (unpaired) electrons. The number of nitrogens with zero attached hydrogens (tertiary/aromatic N) is 1. The van der Waals surface area contributed by atoms with Crippen LogP contribution in [0.4, 0.5) is 0 Å². The van der Waals surface area contributed by atoms with E-state index in [2.05, 4.69) is 46.4 Å². The molecule has 0 spiro atoms. The fraction of sp³-hybridized carbons (Fsp3) is 1.00. The number of likely N-dealkylation sites (tertiary alicyclic amines) is 1. The average Bonchev–Trinajstić information content (AvgIpc) is 2.24. The molecule has 0 N–H and O–H groups in total. The molecule has 1 nitrogen and oxygen atoms in total. The van der Waals surface area contributed by atoms with Crippen LogP contribution in [-0.4, -0.2) is 23.5 Å². The Morgan fingerprint density at radius 1 is 0.933 bits per heavy atom. The van der Waals surface area contributed by atoms with Crippen LogP contribution in [0, 0.1) is 11.3 Å². The summed E-state index contributed by atoms with van der Waals surface area (Å²) in [5.41, 5.74) is 0.807. The Morgan fingerprint density at radius 2 is 1.53 bits per heavy atom. The van der Waals surface area contributed by atoms with Gasteiger partial charge in [0.1, 0.15) is 0 Å². The maximum absolute atomic E-state index is 2.68. The van der Waals surface area contributed by atoms with Crippen LogP contribution in [0.25, 0.3) is 0 Å². The highest BCUT2D eigenvalue weighted by Crippen LogP contribution is 2.34. The molecule has 1 heterocycles. The second kappa shape index (κ2) is 4.45. The first kappa shape index (κ1) is 13.0. The van der Waals surface area contributed by atoms with Gasteiger partial charge in [-0.2, -0.15) is 0 Å². The molecule has 90 valence electrons. The van der Waals surface area contributed by atoms with Gasteiger partial charge < -0.3 is 0 Å². The molecular weight excluding hydrogens is 182 g/mol. The Morgan fingerprint density at radius 3 is 2.00 bits per heavy atom. The van der Waals surface area contributed by atoms with E-state index in [1.54, 1.807) is 0 Å². The molecule has 0 saturated carbocycles.